The van der Waals surface area contributed by atoms with Crippen molar-refractivity contribution in [1.82, 2.24) is 14.9 Å². The van der Waals surface area contributed by atoms with Gasteiger partial charge in [0, 0.05) is 19.5 Å². The van der Waals surface area contributed by atoms with Crippen LogP contribution in [0, 0.1) is 6.92 Å². The van der Waals surface area contributed by atoms with Crippen molar-refractivity contribution in [2.45, 2.75) is 45.1 Å². The van der Waals surface area contributed by atoms with Gasteiger partial charge in [0.15, 0.2) is 0 Å². The van der Waals surface area contributed by atoms with Gasteiger partial charge in [-0.25, -0.2) is 4.98 Å². The third-order valence-corrected chi connectivity index (χ3v) is 3.53. The van der Waals surface area contributed by atoms with Crippen LogP contribution < -0.4 is 5.56 Å². The van der Waals surface area contributed by atoms with Gasteiger partial charge in [0.2, 0.25) is 0 Å². The molecule has 0 spiro atoms. The predicted octanol–water partition coefficient (Wildman–Crippen LogP) is 0.799. The van der Waals surface area contributed by atoms with Crippen LogP contribution in [0.3, 0.4) is 0 Å². The van der Waals surface area contributed by atoms with Gasteiger partial charge in [0.05, 0.1) is 11.8 Å². The van der Waals surface area contributed by atoms with Crippen molar-refractivity contribution >= 4 is 5.91 Å². The predicted molar refractivity (Wildman–Crippen MR) is 74.8 cm³/mol. The molecule has 0 bridgehead atoms. The summed E-state index contributed by atoms with van der Waals surface area (Å²) >= 11 is 0. The first-order valence-corrected chi connectivity index (χ1v) is 6.94. The molecule has 1 saturated carbocycles. The van der Waals surface area contributed by atoms with E-state index in [0.29, 0.717) is 30.4 Å². The average molecular weight is 279 g/mol. The lowest BCUT2D eigenvalue weighted by Crippen LogP contribution is -2.35. The van der Waals surface area contributed by atoms with Gasteiger partial charge in [-0.05, 0) is 33.1 Å². The Morgan fingerprint density at radius 1 is 1.55 bits per heavy atom. The molecule has 2 rings (SSSR count). The van der Waals surface area contributed by atoms with Crippen molar-refractivity contribution in [2.24, 2.45) is 0 Å². The number of rotatable bonds is 5. The summed E-state index contributed by atoms with van der Waals surface area (Å²) in [5, 5.41) is 9.25. The lowest BCUT2D eigenvalue weighted by atomic mass is 10.2. The molecule has 0 aromatic carbocycles. The molecule has 1 aromatic heterocycles. The molecule has 1 fully saturated rings. The maximum absolute atomic E-state index is 12.3. The zero-order valence-electron chi connectivity index (χ0n) is 12.1. The number of hydrogen-bond donors (Lipinski definition) is 2. The Labute approximate surface area is 117 Å². The number of H-pyrrole nitrogens is 1. The number of aromatic amines is 1. The summed E-state index contributed by atoms with van der Waals surface area (Å²) in [6, 6.07) is 0. The van der Waals surface area contributed by atoms with E-state index in [1.54, 1.807) is 20.9 Å². The van der Waals surface area contributed by atoms with E-state index >= 15 is 0 Å². The van der Waals surface area contributed by atoms with E-state index in [2.05, 4.69) is 9.97 Å². The second kappa shape index (κ2) is 5.75. The number of hydrogen-bond acceptors (Lipinski definition) is 4. The third kappa shape index (κ3) is 3.25. The number of carbonyl (C=O) groups is 1. The number of amides is 1. The molecule has 1 aliphatic carbocycles. The van der Waals surface area contributed by atoms with Crippen LogP contribution in [0.1, 0.15) is 54.0 Å². The summed E-state index contributed by atoms with van der Waals surface area (Å²) in [5.41, 5.74) is 0.209. The fraction of sp³-hybridized carbons (Fsp3) is 0.643. The Morgan fingerprint density at radius 3 is 2.70 bits per heavy atom. The Bertz CT molecular complexity index is 561. The first kappa shape index (κ1) is 14.7. The normalized spacial score (nSPS) is 16.0. The second-order valence-electron chi connectivity index (χ2n) is 5.55. The number of carbonyl (C=O) groups excluding carboxylic acids is 1. The van der Waals surface area contributed by atoms with Gasteiger partial charge < -0.3 is 15.0 Å². The molecular formula is C14H21N3O3. The Morgan fingerprint density at radius 2 is 2.20 bits per heavy atom. The Hall–Kier alpha value is -1.69. The third-order valence-electron chi connectivity index (χ3n) is 3.53. The van der Waals surface area contributed by atoms with E-state index in [-0.39, 0.29) is 17.0 Å². The topological polar surface area (TPSA) is 86.3 Å². The number of aromatic nitrogens is 2. The van der Waals surface area contributed by atoms with Crippen molar-refractivity contribution in [3.05, 3.63) is 27.4 Å². The SMILES string of the molecule is Cc1nc(C2CC2)[nH]c(=O)c1C(=O)N(C)CCC(C)O. The molecule has 6 nitrogen and oxygen atoms in total. The Kier molecular flexibility index (Phi) is 4.23. The van der Waals surface area contributed by atoms with Gasteiger partial charge in [-0.2, -0.15) is 0 Å². The molecule has 2 N–H and O–H groups in total. The molecule has 1 aromatic rings. The quantitative estimate of drug-likeness (QED) is 0.834. The number of aliphatic hydroxyl groups excluding tert-OH is 1. The van der Waals surface area contributed by atoms with Crippen LogP contribution in [0.4, 0.5) is 0 Å². The van der Waals surface area contributed by atoms with Crippen LogP contribution in [0.25, 0.3) is 0 Å². The van der Waals surface area contributed by atoms with Gasteiger partial charge in [-0.15, -0.1) is 0 Å². The number of aliphatic hydroxyl groups is 1. The first-order chi connectivity index (χ1) is 9.40. The van der Waals surface area contributed by atoms with E-state index in [4.69, 9.17) is 0 Å². The van der Waals surface area contributed by atoms with Crippen molar-refractivity contribution in [3.63, 3.8) is 0 Å². The molecule has 1 aliphatic rings. The van der Waals surface area contributed by atoms with E-state index < -0.39 is 6.10 Å². The van der Waals surface area contributed by atoms with Crippen molar-refractivity contribution in [1.29, 1.82) is 0 Å². The molecule has 1 atom stereocenters. The highest BCUT2D eigenvalue weighted by Crippen LogP contribution is 2.37. The molecule has 0 radical (unpaired) electrons. The zero-order valence-corrected chi connectivity index (χ0v) is 12.1. The summed E-state index contributed by atoms with van der Waals surface area (Å²) in [6.07, 6.45) is 2.10. The molecule has 110 valence electrons. The first-order valence-electron chi connectivity index (χ1n) is 6.94. The molecule has 0 aliphatic heterocycles. The minimum absolute atomic E-state index is 0.0995. The van der Waals surface area contributed by atoms with Crippen molar-refractivity contribution in [3.8, 4) is 0 Å². The van der Waals surface area contributed by atoms with Crippen LogP contribution >= 0.6 is 0 Å². The number of nitrogens with zero attached hydrogens (tertiary/aromatic N) is 2. The summed E-state index contributed by atoms with van der Waals surface area (Å²) in [5.74, 6) is 0.688. The van der Waals surface area contributed by atoms with Crippen molar-refractivity contribution < 1.29 is 9.90 Å². The highest BCUT2D eigenvalue weighted by Gasteiger charge is 2.28. The molecule has 20 heavy (non-hydrogen) atoms. The summed E-state index contributed by atoms with van der Waals surface area (Å²) in [4.78, 5) is 32.9. The summed E-state index contributed by atoms with van der Waals surface area (Å²) in [7, 11) is 1.62. The largest absolute Gasteiger partial charge is 0.393 e. The van der Waals surface area contributed by atoms with Crippen molar-refractivity contribution in [2.75, 3.05) is 13.6 Å². The second-order valence-corrected chi connectivity index (χ2v) is 5.55. The Balaban J connectivity index is 2.19. The lowest BCUT2D eigenvalue weighted by molar-refractivity contribution is 0.0766. The van der Waals surface area contributed by atoms with Crippen LogP contribution in [0.5, 0.6) is 0 Å². The maximum Gasteiger partial charge on any atom is 0.264 e. The molecular weight excluding hydrogens is 258 g/mol. The molecule has 1 unspecified atom stereocenters. The molecule has 0 saturated heterocycles. The zero-order chi connectivity index (χ0) is 14.9. The lowest BCUT2D eigenvalue weighted by Gasteiger charge is -2.18. The summed E-state index contributed by atoms with van der Waals surface area (Å²) < 4.78 is 0. The number of nitrogens with one attached hydrogen (secondary N) is 1. The van der Waals surface area contributed by atoms with Crippen LogP contribution in [-0.4, -0.2) is 45.6 Å². The highest BCUT2D eigenvalue weighted by molar-refractivity contribution is 5.94. The minimum Gasteiger partial charge on any atom is -0.393 e. The van der Waals surface area contributed by atoms with Crippen LogP contribution in [0.2, 0.25) is 0 Å². The average Bonchev–Trinajstić information content (AvgIpc) is 3.18. The monoisotopic (exact) mass is 279 g/mol. The van der Waals surface area contributed by atoms with Gasteiger partial charge in [0.25, 0.3) is 11.5 Å². The smallest absolute Gasteiger partial charge is 0.264 e. The van der Waals surface area contributed by atoms with Gasteiger partial charge in [-0.1, -0.05) is 0 Å². The molecule has 1 amide bonds. The highest BCUT2D eigenvalue weighted by atomic mass is 16.3. The minimum atomic E-state index is -0.472. The maximum atomic E-state index is 12.3. The summed E-state index contributed by atoms with van der Waals surface area (Å²) in [6.45, 7) is 3.76. The van der Waals surface area contributed by atoms with Crippen LogP contribution in [-0.2, 0) is 0 Å². The van der Waals surface area contributed by atoms with E-state index in [1.807, 2.05) is 0 Å². The number of aryl methyl sites for hydroxylation is 1. The van der Waals surface area contributed by atoms with Gasteiger partial charge >= 0.3 is 0 Å². The molecule has 1 heterocycles. The van der Waals surface area contributed by atoms with E-state index in [1.165, 1.54) is 4.90 Å². The van der Waals surface area contributed by atoms with Gasteiger partial charge in [0.1, 0.15) is 11.4 Å². The fourth-order valence-corrected chi connectivity index (χ4v) is 2.08. The van der Waals surface area contributed by atoms with Crippen LogP contribution in [0.15, 0.2) is 4.79 Å². The fourth-order valence-electron chi connectivity index (χ4n) is 2.08. The molecule has 6 heteroatoms. The van der Waals surface area contributed by atoms with E-state index in [9.17, 15) is 14.7 Å². The van der Waals surface area contributed by atoms with Gasteiger partial charge in [-0.3, -0.25) is 9.59 Å². The standard InChI is InChI=1S/C14H21N3O3/c1-8(18)6-7-17(3)14(20)11-9(2)15-12(10-4-5-10)16-13(11)19/h8,10,18H,4-7H2,1-3H3,(H,15,16,19). The van der Waals surface area contributed by atoms with E-state index in [0.717, 1.165) is 12.8 Å².